The van der Waals surface area contributed by atoms with Gasteiger partial charge in [0.1, 0.15) is 61.0 Å². The van der Waals surface area contributed by atoms with Crippen LogP contribution in [0.1, 0.15) is 26.7 Å². The highest BCUT2D eigenvalue weighted by atomic mass is 16.8. The van der Waals surface area contributed by atoms with E-state index in [1.54, 1.807) is 0 Å². The van der Waals surface area contributed by atoms with Crippen molar-refractivity contribution >= 4 is 23.8 Å². The van der Waals surface area contributed by atoms with Crippen LogP contribution in [-0.4, -0.2) is 213 Å². The lowest BCUT2D eigenvalue weighted by Crippen LogP contribution is -2.70. The molecule has 3 fully saturated rings. The number of carboxylic acid groups (broad SMARTS) is 2. The standard InChI is InChI=1S/C28H46N2O22/c1-8(33)29-15-10(35)3-27(25(44)45,50-21(15)17(39)12(37)5-31)48-7-14-19(41)20(42)23(24(43)49-14)52-28(26(46)47)4-11(36)16(30-9(2)34)22(51-28)18(40)13(38)6-32/h10-24,31-32,35-43H,3-7H2,1-2H3,(H,29,33)(H,30,34)(H,44,45)(H,46,47)/t10-,11-,12+,13+,14+,15+,16+,17+,18+,19-,20-,21+,22+,23+,24?,27+,28-/m0/s1. The van der Waals surface area contributed by atoms with E-state index in [4.69, 9.17) is 23.7 Å². The Morgan fingerprint density at radius 2 is 1.15 bits per heavy atom. The monoisotopic (exact) mass is 762 g/mol. The molecule has 0 saturated carbocycles. The molecule has 0 aromatic carbocycles. The molecule has 24 heteroatoms. The van der Waals surface area contributed by atoms with E-state index >= 15 is 0 Å². The fourth-order valence-corrected chi connectivity index (χ4v) is 6.15. The summed E-state index contributed by atoms with van der Waals surface area (Å²) in [6.07, 6.45) is -28.9. The second-order valence-corrected chi connectivity index (χ2v) is 12.7. The Hall–Kier alpha value is -2.76. The van der Waals surface area contributed by atoms with Crippen LogP contribution in [0.15, 0.2) is 0 Å². The van der Waals surface area contributed by atoms with Gasteiger partial charge < -0.3 is 101 Å². The number of hydrogen-bond donors (Lipinski definition) is 15. The molecule has 3 aliphatic rings. The number of nitrogens with one attached hydrogen (secondary N) is 2. The number of amides is 2. The molecule has 300 valence electrons. The van der Waals surface area contributed by atoms with E-state index in [-0.39, 0.29) is 0 Å². The summed E-state index contributed by atoms with van der Waals surface area (Å²) in [5, 5.41) is 139. The summed E-state index contributed by atoms with van der Waals surface area (Å²) in [4.78, 5) is 48.4. The van der Waals surface area contributed by atoms with Crippen LogP contribution in [0.3, 0.4) is 0 Å². The van der Waals surface area contributed by atoms with Crippen LogP contribution < -0.4 is 10.6 Å². The van der Waals surface area contributed by atoms with Crippen LogP contribution in [0.25, 0.3) is 0 Å². The van der Waals surface area contributed by atoms with Gasteiger partial charge in [0.25, 0.3) is 11.6 Å². The number of aliphatic hydroxyl groups excluding tert-OH is 11. The Bertz CT molecular complexity index is 1260. The average Bonchev–Trinajstić information content (AvgIpc) is 3.07. The zero-order chi connectivity index (χ0) is 39.5. The van der Waals surface area contributed by atoms with Crippen molar-refractivity contribution in [2.45, 2.75) is 130 Å². The van der Waals surface area contributed by atoms with E-state index < -0.39 is 160 Å². The lowest BCUT2D eigenvalue weighted by atomic mass is 9.88. The van der Waals surface area contributed by atoms with Crippen molar-refractivity contribution in [3.05, 3.63) is 0 Å². The summed E-state index contributed by atoms with van der Waals surface area (Å²) in [6, 6.07) is -3.12. The van der Waals surface area contributed by atoms with Gasteiger partial charge in [0.15, 0.2) is 6.29 Å². The summed E-state index contributed by atoms with van der Waals surface area (Å²) in [5.74, 6) is -11.5. The minimum Gasteiger partial charge on any atom is -0.477 e. The predicted octanol–water partition coefficient (Wildman–Crippen LogP) is -8.87. The molecule has 17 atom stereocenters. The minimum absolute atomic E-state index is 0.759. The van der Waals surface area contributed by atoms with Crippen LogP contribution in [-0.2, 0) is 42.9 Å². The molecule has 3 saturated heterocycles. The molecular weight excluding hydrogens is 716 g/mol. The maximum Gasteiger partial charge on any atom is 0.364 e. The smallest absolute Gasteiger partial charge is 0.364 e. The molecule has 0 aromatic heterocycles. The Morgan fingerprint density at radius 3 is 1.56 bits per heavy atom. The molecule has 0 aromatic rings. The number of ether oxygens (including phenoxy) is 5. The highest BCUT2D eigenvalue weighted by Gasteiger charge is 2.60. The fourth-order valence-electron chi connectivity index (χ4n) is 6.15. The number of rotatable bonds is 15. The van der Waals surface area contributed by atoms with Crippen molar-refractivity contribution in [3.8, 4) is 0 Å². The highest BCUT2D eigenvalue weighted by Crippen LogP contribution is 2.38. The molecule has 15 N–H and O–H groups in total. The molecule has 3 rings (SSSR count). The quantitative estimate of drug-likeness (QED) is 0.0736. The molecule has 24 nitrogen and oxygen atoms in total. The molecule has 0 bridgehead atoms. The summed E-state index contributed by atoms with van der Waals surface area (Å²) < 4.78 is 26.9. The zero-order valence-electron chi connectivity index (χ0n) is 27.7. The SMILES string of the molecule is CC(=O)N[C@H]1[C@H]([C@H](O)[C@H](O)CO)O[C@@](O[C@H]2C(O)O[C@H](CO[C@]3(C(=O)O)C[C@H](O)[C@@H](NC(C)=O)[C@H]([C@H](O)[C@H](O)CO)O3)[C@H](O)[C@@H]2O)(C(=O)O)C[C@@H]1O. The maximum absolute atomic E-state index is 12.5. The van der Waals surface area contributed by atoms with Crippen molar-refractivity contribution in [3.63, 3.8) is 0 Å². The first kappa shape index (κ1) is 43.6. The van der Waals surface area contributed by atoms with Gasteiger partial charge >= 0.3 is 11.9 Å². The summed E-state index contributed by atoms with van der Waals surface area (Å²) in [7, 11) is 0. The first-order valence-electron chi connectivity index (χ1n) is 15.8. The average molecular weight is 763 g/mol. The summed E-state index contributed by atoms with van der Waals surface area (Å²) in [6.45, 7) is -1.18. The second kappa shape index (κ2) is 17.6. The van der Waals surface area contributed by atoms with Crippen LogP contribution >= 0.6 is 0 Å². The van der Waals surface area contributed by atoms with Gasteiger partial charge in [0, 0.05) is 26.7 Å². The van der Waals surface area contributed by atoms with Gasteiger partial charge in [-0.3, -0.25) is 9.59 Å². The normalized spacial score (nSPS) is 40.5. The van der Waals surface area contributed by atoms with Gasteiger partial charge in [-0.15, -0.1) is 0 Å². The van der Waals surface area contributed by atoms with Crippen LogP contribution in [0, 0.1) is 0 Å². The number of carboxylic acids is 2. The lowest BCUT2D eigenvalue weighted by molar-refractivity contribution is -0.377. The first-order chi connectivity index (χ1) is 24.1. The molecular formula is C28H46N2O22. The molecule has 1 unspecified atom stereocenters. The van der Waals surface area contributed by atoms with Gasteiger partial charge in [-0.25, -0.2) is 9.59 Å². The third kappa shape index (κ3) is 9.30. The Labute approximate surface area is 293 Å². The van der Waals surface area contributed by atoms with Gasteiger partial charge in [0.05, 0.1) is 44.1 Å². The number of aliphatic hydroxyl groups is 11. The van der Waals surface area contributed by atoms with E-state index in [1.807, 2.05) is 0 Å². The van der Waals surface area contributed by atoms with E-state index in [0.29, 0.717) is 0 Å². The van der Waals surface area contributed by atoms with Crippen LogP contribution in [0.2, 0.25) is 0 Å². The Balaban J connectivity index is 1.85. The predicted molar refractivity (Wildman–Crippen MR) is 159 cm³/mol. The van der Waals surface area contributed by atoms with E-state index in [2.05, 4.69) is 10.6 Å². The Morgan fingerprint density at radius 1 is 0.731 bits per heavy atom. The van der Waals surface area contributed by atoms with Gasteiger partial charge in [-0.1, -0.05) is 0 Å². The molecule has 52 heavy (non-hydrogen) atoms. The van der Waals surface area contributed by atoms with E-state index in [9.17, 15) is 85.6 Å². The first-order valence-corrected chi connectivity index (χ1v) is 15.8. The van der Waals surface area contributed by atoms with Crippen molar-refractivity contribution < 1.29 is 109 Å². The molecule has 0 radical (unpaired) electrons. The summed E-state index contributed by atoms with van der Waals surface area (Å²) in [5.41, 5.74) is 0. The number of carbonyl (C=O) groups is 4. The van der Waals surface area contributed by atoms with Gasteiger partial charge in [0.2, 0.25) is 11.8 Å². The molecule has 0 spiro atoms. The van der Waals surface area contributed by atoms with Crippen molar-refractivity contribution in [1.82, 2.24) is 10.6 Å². The second-order valence-electron chi connectivity index (χ2n) is 12.7. The van der Waals surface area contributed by atoms with Gasteiger partial charge in [-0.2, -0.15) is 0 Å². The highest BCUT2D eigenvalue weighted by molar-refractivity contribution is 5.77. The van der Waals surface area contributed by atoms with Crippen molar-refractivity contribution in [2.75, 3.05) is 19.8 Å². The van der Waals surface area contributed by atoms with Crippen molar-refractivity contribution in [2.24, 2.45) is 0 Å². The van der Waals surface area contributed by atoms with Crippen molar-refractivity contribution in [1.29, 1.82) is 0 Å². The number of carbonyl (C=O) groups excluding carboxylic acids is 2. The van der Waals surface area contributed by atoms with Crippen LogP contribution in [0.4, 0.5) is 0 Å². The molecule has 2 amide bonds. The van der Waals surface area contributed by atoms with Crippen LogP contribution in [0.5, 0.6) is 0 Å². The van der Waals surface area contributed by atoms with Gasteiger partial charge in [-0.05, 0) is 0 Å². The fraction of sp³-hybridized carbons (Fsp3) is 0.857. The molecule has 3 aliphatic heterocycles. The third-order valence-electron chi connectivity index (χ3n) is 8.84. The molecule has 0 aliphatic carbocycles. The zero-order valence-corrected chi connectivity index (χ0v) is 27.7. The minimum atomic E-state index is -3.09. The van der Waals surface area contributed by atoms with E-state index in [1.165, 1.54) is 0 Å². The number of aliphatic carboxylic acids is 2. The largest absolute Gasteiger partial charge is 0.477 e. The topological polar surface area (TPSA) is 401 Å². The third-order valence-corrected chi connectivity index (χ3v) is 8.84. The lowest BCUT2D eigenvalue weighted by Gasteiger charge is -2.50. The number of hydrogen-bond acceptors (Lipinski definition) is 20. The van der Waals surface area contributed by atoms with E-state index in [0.717, 1.165) is 13.8 Å². The Kier molecular flexibility index (Phi) is 14.8. The molecule has 3 heterocycles. The summed E-state index contributed by atoms with van der Waals surface area (Å²) >= 11 is 0. The maximum atomic E-state index is 12.5.